The highest BCUT2D eigenvalue weighted by atomic mass is 32.2. The Balaban J connectivity index is 3.21. The van der Waals surface area contributed by atoms with Crippen molar-refractivity contribution in [2.75, 3.05) is 0 Å². The van der Waals surface area contributed by atoms with Gasteiger partial charge in [-0.25, -0.2) is 4.39 Å². The number of rotatable bonds is 3. The molecule has 0 saturated heterocycles. The third-order valence-corrected chi connectivity index (χ3v) is 2.60. The van der Waals surface area contributed by atoms with Gasteiger partial charge < -0.3 is 0 Å². The lowest BCUT2D eigenvalue weighted by molar-refractivity contribution is 0.481. The van der Waals surface area contributed by atoms with E-state index in [0.717, 1.165) is 12.5 Å². The average Bonchev–Trinajstić information content (AvgIpc) is 2.02. The summed E-state index contributed by atoms with van der Waals surface area (Å²) < 4.78 is 43.1. The topological polar surface area (TPSA) is 54.4 Å². The molecule has 0 aliphatic heterocycles. The molecule has 5 heteroatoms. The Morgan fingerprint density at radius 3 is 2.50 bits per heavy atom. The SMILES string of the molecule is CCCc1cc(F)cc(S(=O)(=O)O)c1. The fourth-order valence-electron chi connectivity index (χ4n) is 1.20. The zero-order valence-corrected chi connectivity index (χ0v) is 8.51. The summed E-state index contributed by atoms with van der Waals surface area (Å²) in [5.74, 6) is -0.649. The van der Waals surface area contributed by atoms with Crippen molar-refractivity contribution in [1.29, 1.82) is 0 Å². The number of benzene rings is 1. The lowest BCUT2D eigenvalue weighted by Crippen LogP contribution is -2.00. The third-order valence-electron chi connectivity index (χ3n) is 1.77. The van der Waals surface area contributed by atoms with Gasteiger partial charge in [-0.3, -0.25) is 4.55 Å². The minimum absolute atomic E-state index is 0.388. The lowest BCUT2D eigenvalue weighted by atomic mass is 10.1. The van der Waals surface area contributed by atoms with Gasteiger partial charge in [0.15, 0.2) is 0 Å². The molecule has 0 saturated carbocycles. The highest BCUT2D eigenvalue weighted by Crippen LogP contribution is 2.15. The van der Waals surface area contributed by atoms with Gasteiger partial charge in [0.05, 0.1) is 4.90 Å². The Morgan fingerprint density at radius 2 is 2.00 bits per heavy atom. The summed E-state index contributed by atoms with van der Waals surface area (Å²) in [5.41, 5.74) is 0.570. The Morgan fingerprint density at radius 1 is 1.36 bits per heavy atom. The van der Waals surface area contributed by atoms with Crippen molar-refractivity contribution in [2.24, 2.45) is 0 Å². The number of halogens is 1. The van der Waals surface area contributed by atoms with Crippen LogP contribution in [0, 0.1) is 5.82 Å². The summed E-state index contributed by atoms with van der Waals surface area (Å²) in [4.78, 5) is -0.388. The zero-order chi connectivity index (χ0) is 10.8. The van der Waals surface area contributed by atoms with E-state index in [2.05, 4.69) is 0 Å². The molecule has 0 radical (unpaired) electrons. The molecule has 14 heavy (non-hydrogen) atoms. The normalized spacial score (nSPS) is 11.6. The van der Waals surface area contributed by atoms with Crippen LogP contribution in [0.2, 0.25) is 0 Å². The van der Waals surface area contributed by atoms with E-state index >= 15 is 0 Å². The molecule has 0 aliphatic rings. The molecule has 1 aromatic carbocycles. The lowest BCUT2D eigenvalue weighted by Gasteiger charge is -2.02. The van der Waals surface area contributed by atoms with Crippen molar-refractivity contribution in [1.82, 2.24) is 0 Å². The van der Waals surface area contributed by atoms with E-state index in [-0.39, 0.29) is 4.90 Å². The van der Waals surface area contributed by atoms with Crippen LogP contribution in [-0.4, -0.2) is 13.0 Å². The summed E-state index contributed by atoms with van der Waals surface area (Å²) in [6.45, 7) is 1.90. The predicted octanol–water partition coefficient (Wildman–Crippen LogP) is 2.02. The molecule has 3 nitrogen and oxygen atoms in total. The highest BCUT2D eigenvalue weighted by Gasteiger charge is 2.11. The van der Waals surface area contributed by atoms with Gasteiger partial charge in [-0.15, -0.1) is 0 Å². The molecule has 0 aromatic heterocycles. The van der Waals surface area contributed by atoms with Gasteiger partial charge in [-0.2, -0.15) is 8.42 Å². The highest BCUT2D eigenvalue weighted by molar-refractivity contribution is 7.85. The molecule has 0 unspecified atom stereocenters. The zero-order valence-electron chi connectivity index (χ0n) is 7.70. The van der Waals surface area contributed by atoms with E-state index in [4.69, 9.17) is 4.55 Å². The smallest absolute Gasteiger partial charge is 0.282 e. The Hall–Kier alpha value is -0.940. The standard InChI is InChI=1S/C9H11FO3S/c1-2-3-7-4-8(10)6-9(5-7)14(11,12)13/h4-6H,2-3H2,1H3,(H,11,12,13). The fraction of sp³-hybridized carbons (Fsp3) is 0.333. The molecule has 78 valence electrons. The molecular weight excluding hydrogens is 207 g/mol. The maximum absolute atomic E-state index is 12.9. The van der Waals surface area contributed by atoms with Crippen LogP contribution < -0.4 is 0 Å². The van der Waals surface area contributed by atoms with Gasteiger partial charge in [0, 0.05) is 0 Å². The van der Waals surface area contributed by atoms with E-state index in [0.29, 0.717) is 12.0 Å². The minimum atomic E-state index is -4.31. The Bertz CT molecular complexity index is 426. The molecule has 0 bridgehead atoms. The van der Waals surface area contributed by atoms with Crippen molar-refractivity contribution in [3.63, 3.8) is 0 Å². The van der Waals surface area contributed by atoms with Crippen molar-refractivity contribution < 1.29 is 17.4 Å². The monoisotopic (exact) mass is 218 g/mol. The van der Waals surface area contributed by atoms with Crippen molar-refractivity contribution >= 4 is 10.1 Å². The molecule has 0 heterocycles. The van der Waals surface area contributed by atoms with Crippen LogP contribution in [0.3, 0.4) is 0 Å². The van der Waals surface area contributed by atoms with E-state index in [1.54, 1.807) is 0 Å². The summed E-state index contributed by atoms with van der Waals surface area (Å²) in [7, 11) is -4.31. The van der Waals surface area contributed by atoms with Crippen LogP contribution >= 0.6 is 0 Å². The van der Waals surface area contributed by atoms with Crippen LogP contribution in [0.1, 0.15) is 18.9 Å². The summed E-state index contributed by atoms with van der Waals surface area (Å²) in [6, 6.07) is 3.34. The quantitative estimate of drug-likeness (QED) is 0.790. The molecule has 0 amide bonds. The maximum Gasteiger partial charge on any atom is 0.294 e. The van der Waals surface area contributed by atoms with Crippen LogP contribution in [0.5, 0.6) is 0 Å². The first-order valence-electron chi connectivity index (χ1n) is 4.20. The first kappa shape index (κ1) is 11.1. The first-order chi connectivity index (χ1) is 6.43. The molecule has 0 atom stereocenters. The van der Waals surface area contributed by atoms with Crippen molar-refractivity contribution in [3.05, 3.63) is 29.6 Å². The van der Waals surface area contributed by atoms with Crippen LogP contribution in [0.25, 0.3) is 0 Å². The molecule has 0 fully saturated rings. The Labute approximate surface area is 82.3 Å². The number of hydrogen-bond acceptors (Lipinski definition) is 2. The van der Waals surface area contributed by atoms with E-state index in [1.807, 2.05) is 6.92 Å². The Kier molecular flexibility index (Phi) is 3.23. The van der Waals surface area contributed by atoms with Crippen molar-refractivity contribution in [3.8, 4) is 0 Å². The molecule has 1 aromatic rings. The van der Waals surface area contributed by atoms with Gasteiger partial charge in [0.2, 0.25) is 0 Å². The maximum atomic E-state index is 12.9. The third kappa shape index (κ3) is 2.78. The molecule has 1 N–H and O–H groups in total. The predicted molar refractivity (Wildman–Crippen MR) is 50.2 cm³/mol. The second-order valence-corrected chi connectivity index (χ2v) is 4.44. The van der Waals surface area contributed by atoms with Gasteiger partial charge in [0.25, 0.3) is 10.1 Å². The second-order valence-electron chi connectivity index (χ2n) is 3.02. The van der Waals surface area contributed by atoms with Crippen LogP contribution in [0.15, 0.2) is 23.1 Å². The van der Waals surface area contributed by atoms with E-state index in [9.17, 15) is 12.8 Å². The van der Waals surface area contributed by atoms with Gasteiger partial charge in [-0.1, -0.05) is 13.3 Å². The summed E-state index contributed by atoms with van der Waals surface area (Å²) in [6.07, 6.45) is 1.37. The van der Waals surface area contributed by atoms with Crippen LogP contribution in [0.4, 0.5) is 4.39 Å². The van der Waals surface area contributed by atoms with Gasteiger partial charge in [0.1, 0.15) is 5.82 Å². The van der Waals surface area contributed by atoms with Crippen LogP contribution in [-0.2, 0) is 16.5 Å². The van der Waals surface area contributed by atoms with E-state index < -0.39 is 15.9 Å². The van der Waals surface area contributed by atoms with Gasteiger partial charge in [-0.05, 0) is 30.2 Å². The fourth-order valence-corrected chi connectivity index (χ4v) is 1.76. The van der Waals surface area contributed by atoms with Crippen molar-refractivity contribution in [2.45, 2.75) is 24.7 Å². The van der Waals surface area contributed by atoms with E-state index in [1.165, 1.54) is 12.1 Å². The first-order valence-corrected chi connectivity index (χ1v) is 5.64. The summed E-state index contributed by atoms with van der Waals surface area (Å²) >= 11 is 0. The average molecular weight is 218 g/mol. The minimum Gasteiger partial charge on any atom is -0.282 e. The molecule has 0 spiro atoms. The number of hydrogen-bond donors (Lipinski definition) is 1. The largest absolute Gasteiger partial charge is 0.294 e. The van der Waals surface area contributed by atoms with Gasteiger partial charge >= 0.3 is 0 Å². The molecule has 1 rings (SSSR count). The molecule has 0 aliphatic carbocycles. The number of aryl methyl sites for hydroxylation is 1. The second kappa shape index (κ2) is 4.06. The molecular formula is C9H11FO3S. The summed E-state index contributed by atoms with van der Waals surface area (Å²) in [5, 5.41) is 0.